The minimum Gasteiger partial charge on any atom is -0.349 e. The van der Waals surface area contributed by atoms with Crippen LogP contribution in [0.4, 0.5) is 4.39 Å². The average Bonchev–Trinajstić information content (AvgIpc) is 2.69. The van der Waals surface area contributed by atoms with Gasteiger partial charge in [0.15, 0.2) is 9.84 Å². The fourth-order valence-electron chi connectivity index (χ4n) is 3.62. The van der Waals surface area contributed by atoms with Crippen LogP contribution in [0.2, 0.25) is 0 Å². The molecule has 0 saturated carbocycles. The molecule has 0 aliphatic carbocycles. The fraction of sp³-hybridized carbons (Fsp3) is 0.409. The Balaban J connectivity index is 1.49. The number of halogens is 1. The van der Waals surface area contributed by atoms with E-state index in [9.17, 15) is 17.6 Å². The van der Waals surface area contributed by atoms with Crippen molar-refractivity contribution in [1.29, 1.82) is 0 Å². The number of benzene rings is 2. The van der Waals surface area contributed by atoms with Gasteiger partial charge in [0, 0.05) is 18.7 Å². The standard InChI is InChI=1S/C22H27FN2O3S/c1-16(18-5-9-21(10-6-18)29(2,27)28)24-22(26)19-11-13-25(14-12-19)15-17-3-7-20(23)8-4-17/h3-10,16,19H,11-15H2,1-2H3,(H,24,26)/t16-/m0/s1. The van der Waals surface area contributed by atoms with E-state index in [0.717, 1.165) is 43.6 Å². The highest BCUT2D eigenvalue weighted by Crippen LogP contribution is 2.22. The summed E-state index contributed by atoms with van der Waals surface area (Å²) in [5.74, 6) is -0.229. The molecule has 0 bridgehead atoms. The maximum Gasteiger partial charge on any atom is 0.223 e. The average molecular weight is 419 g/mol. The summed E-state index contributed by atoms with van der Waals surface area (Å²) in [5, 5.41) is 3.05. The van der Waals surface area contributed by atoms with Crippen molar-refractivity contribution < 1.29 is 17.6 Å². The second kappa shape index (κ2) is 9.05. The summed E-state index contributed by atoms with van der Waals surface area (Å²) in [6.45, 7) is 4.31. The van der Waals surface area contributed by atoms with Crippen molar-refractivity contribution in [3.8, 4) is 0 Å². The predicted molar refractivity (Wildman–Crippen MR) is 111 cm³/mol. The Kier molecular flexibility index (Phi) is 6.70. The summed E-state index contributed by atoms with van der Waals surface area (Å²) in [4.78, 5) is 15.2. The lowest BCUT2D eigenvalue weighted by molar-refractivity contribution is -0.127. The zero-order chi connectivity index (χ0) is 21.0. The SMILES string of the molecule is C[C@H](NC(=O)C1CCN(Cc2ccc(F)cc2)CC1)c1ccc(S(C)(=O)=O)cc1. The van der Waals surface area contributed by atoms with E-state index < -0.39 is 9.84 Å². The second-order valence-electron chi connectivity index (χ2n) is 7.75. The van der Waals surface area contributed by atoms with Crippen molar-refractivity contribution in [1.82, 2.24) is 10.2 Å². The summed E-state index contributed by atoms with van der Waals surface area (Å²) >= 11 is 0. The minimum absolute atomic E-state index is 0.0304. The molecule has 3 rings (SSSR count). The van der Waals surface area contributed by atoms with Gasteiger partial charge in [-0.1, -0.05) is 24.3 Å². The number of carbonyl (C=O) groups excluding carboxylic acids is 1. The zero-order valence-corrected chi connectivity index (χ0v) is 17.6. The first-order valence-electron chi connectivity index (χ1n) is 9.79. The molecular weight excluding hydrogens is 391 g/mol. The maximum absolute atomic E-state index is 13.0. The molecule has 2 aromatic rings. The molecule has 1 fully saturated rings. The summed E-state index contributed by atoms with van der Waals surface area (Å²) in [6.07, 6.45) is 2.75. The number of piperidine rings is 1. The third kappa shape index (κ3) is 5.87. The highest BCUT2D eigenvalue weighted by atomic mass is 32.2. The van der Waals surface area contributed by atoms with Gasteiger partial charge in [0.1, 0.15) is 5.82 Å². The number of hydrogen-bond acceptors (Lipinski definition) is 4. The molecule has 5 nitrogen and oxygen atoms in total. The molecule has 0 aromatic heterocycles. The molecule has 1 saturated heterocycles. The van der Waals surface area contributed by atoms with E-state index >= 15 is 0 Å². The lowest BCUT2D eigenvalue weighted by Gasteiger charge is -2.32. The lowest BCUT2D eigenvalue weighted by atomic mass is 9.95. The van der Waals surface area contributed by atoms with Crippen LogP contribution in [0.5, 0.6) is 0 Å². The summed E-state index contributed by atoms with van der Waals surface area (Å²) < 4.78 is 36.1. The molecular formula is C22H27FN2O3S. The number of likely N-dealkylation sites (tertiary alicyclic amines) is 1. The molecule has 29 heavy (non-hydrogen) atoms. The van der Waals surface area contributed by atoms with Gasteiger partial charge in [0.25, 0.3) is 0 Å². The van der Waals surface area contributed by atoms with Crippen molar-refractivity contribution in [3.63, 3.8) is 0 Å². The van der Waals surface area contributed by atoms with E-state index in [2.05, 4.69) is 10.2 Å². The van der Waals surface area contributed by atoms with Crippen LogP contribution in [0.3, 0.4) is 0 Å². The Hall–Kier alpha value is -2.25. The Morgan fingerprint density at radius 1 is 1.10 bits per heavy atom. The van der Waals surface area contributed by atoms with Crippen molar-refractivity contribution in [2.75, 3.05) is 19.3 Å². The van der Waals surface area contributed by atoms with Crippen LogP contribution < -0.4 is 5.32 Å². The fourth-order valence-corrected chi connectivity index (χ4v) is 4.25. The first-order chi connectivity index (χ1) is 13.7. The van der Waals surface area contributed by atoms with E-state index in [1.165, 1.54) is 18.4 Å². The van der Waals surface area contributed by atoms with Gasteiger partial charge in [0.05, 0.1) is 10.9 Å². The first-order valence-corrected chi connectivity index (χ1v) is 11.7. The number of sulfone groups is 1. The molecule has 1 atom stereocenters. The quantitative estimate of drug-likeness (QED) is 0.782. The minimum atomic E-state index is -3.23. The van der Waals surface area contributed by atoms with Gasteiger partial charge in [0.2, 0.25) is 5.91 Å². The molecule has 2 aromatic carbocycles. The monoisotopic (exact) mass is 418 g/mol. The van der Waals surface area contributed by atoms with E-state index in [-0.39, 0.29) is 28.6 Å². The highest BCUT2D eigenvalue weighted by molar-refractivity contribution is 7.90. The number of carbonyl (C=O) groups is 1. The number of rotatable bonds is 6. The summed E-state index contributed by atoms with van der Waals surface area (Å²) in [6, 6.07) is 13.0. The maximum atomic E-state index is 13.0. The highest BCUT2D eigenvalue weighted by Gasteiger charge is 2.26. The van der Waals surface area contributed by atoms with Crippen LogP contribution in [0.25, 0.3) is 0 Å². The number of nitrogens with zero attached hydrogens (tertiary/aromatic N) is 1. The molecule has 1 N–H and O–H groups in total. The van der Waals surface area contributed by atoms with E-state index in [4.69, 9.17) is 0 Å². The number of amides is 1. The lowest BCUT2D eigenvalue weighted by Crippen LogP contribution is -2.40. The van der Waals surface area contributed by atoms with Crippen LogP contribution in [-0.2, 0) is 21.2 Å². The van der Waals surface area contributed by atoms with Gasteiger partial charge in [-0.2, -0.15) is 0 Å². The van der Waals surface area contributed by atoms with Gasteiger partial charge in [-0.3, -0.25) is 9.69 Å². The topological polar surface area (TPSA) is 66.5 Å². The van der Waals surface area contributed by atoms with E-state index in [1.807, 2.05) is 6.92 Å². The smallest absolute Gasteiger partial charge is 0.223 e. The molecule has 0 spiro atoms. The molecule has 0 unspecified atom stereocenters. The Morgan fingerprint density at radius 3 is 2.24 bits per heavy atom. The van der Waals surface area contributed by atoms with Crippen molar-refractivity contribution in [3.05, 3.63) is 65.5 Å². The van der Waals surface area contributed by atoms with Gasteiger partial charge in [-0.15, -0.1) is 0 Å². The van der Waals surface area contributed by atoms with Crippen molar-refractivity contribution in [2.24, 2.45) is 5.92 Å². The largest absolute Gasteiger partial charge is 0.349 e. The molecule has 1 heterocycles. The zero-order valence-electron chi connectivity index (χ0n) is 16.8. The normalized spacial score (nSPS) is 17.1. The number of nitrogens with one attached hydrogen (secondary N) is 1. The van der Waals surface area contributed by atoms with Crippen molar-refractivity contribution >= 4 is 15.7 Å². The summed E-state index contributed by atoms with van der Waals surface area (Å²) in [5.41, 5.74) is 1.94. The van der Waals surface area contributed by atoms with Gasteiger partial charge >= 0.3 is 0 Å². The van der Waals surface area contributed by atoms with Crippen LogP contribution >= 0.6 is 0 Å². The number of hydrogen-bond donors (Lipinski definition) is 1. The summed E-state index contributed by atoms with van der Waals surface area (Å²) in [7, 11) is -3.23. The molecule has 1 amide bonds. The molecule has 1 aliphatic heterocycles. The predicted octanol–water partition coefficient (Wildman–Crippen LogP) is 3.32. The van der Waals surface area contributed by atoms with Crippen LogP contribution in [0.1, 0.15) is 36.9 Å². The van der Waals surface area contributed by atoms with Gasteiger partial charge in [-0.05, 0) is 68.2 Å². The molecule has 0 radical (unpaired) electrons. The van der Waals surface area contributed by atoms with Crippen molar-refractivity contribution in [2.45, 2.75) is 37.2 Å². The Morgan fingerprint density at radius 2 is 1.69 bits per heavy atom. The third-order valence-corrected chi connectivity index (χ3v) is 6.57. The molecule has 156 valence electrons. The first kappa shape index (κ1) is 21.5. The second-order valence-corrected chi connectivity index (χ2v) is 9.76. The Bertz CT molecular complexity index is 935. The van der Waals surface area contributed by atoms with Crippen LogP contribution in [0, 0.1) is 11.7 Å². The van der Waals surface area contributed by atoms with Crippen LogP contribution in [0.15, 0.2) is 53.4 Å². The van der Waals surface area contributed by atoms with E-state index in [0.29, 0.717) is 0 Å². The van der Waals surface area contributed by atoms with Gasteiger partial charge in [-0.25, -0.2) is 12.8 Å². The van der Waals surface area contributed by atoms with Gasteiger partial charge < -0.3 is 5.32 Å². The molecule has 7 heteroatoms. The van der Waals surface area contributed by atoms with E-state index in [1.54, 1.807) is 36.4 Å². The third-order valence-electron chi connectivity index (χ3n) is 5.44. The Labute approximate surface area is 171 Å². The van der Waals surface area contributed by atoms with Crippen LogP contribution in [-0.4, -0.2) is 38.6 Å². The molecule has 1 aliphatic rings.